The highest BCUT2D eigenvalue weighted by molar-refractivity contribution is 5.97. The molecule has 5 heteroatoms. The normalized spacial score (nSPS) is 10.8. The third kappa shape index (κ3) is 4.47. The van der Waals surface area contributed by atoms with Crippen molar-refractivity contribution in [2.24, 2.45) is 0 Å². The molecule has 0 unspecified atom stereocenters. The number of benzene rings is 2. The summed E-state index contributed by atoms with van der Waals surface area (Å²) in [7, 11) is 0. The summed E-state index contributed by atoms with van der Waals surface area (Å²) in [4.78, 5) is 11.9. The van der Waals surface area contributed by atoms with Gasteiger partial charge >= 0.3 is 0 Å². The first-order valence-electron chi connectivity index (χ1n) is 10.3. The number of rotatable bonds is 6. The Morgan fingerprint density at radius 3 is 2.10 bits per heavy atom. The second-order valence-corrected chi connectivity index (χ2v) is 8.11. The first-order valence-corrected chi connectivity index (χ1v) is 10.3. The van der Waals surface area contributed by atoms with Gasteiger partial charge in [0.05, 0.1) is 12.3 Å². The first-order chi connectivity index (χ1) is 14.5. The van der Waals surface area contributed by atoms with Gasteiger partial charge in [-0.1, -0.05) is 25.1 Å². The number of carbonyl (C=O) groups excluding carboxylic acids is 1. The zero-order valence-electron chi connectivity index (χ0n) is 19.4. The number of aryl methyl sites for hydroxylation is 1. The van der Waals surface area contributed by atoms with Crippen LogP contribution in [0, 0.1) is 18.6 Å². The number of amides is 1. The van der Waals surface area contributed by atoms with E-state index < -0.39 is 24.1 Å². The molecule has 0 saturated heterocycles. The van der Waals surface area contributed by atoms with E-state index in [1.165, 1.54) is 13.0 Å². The van der Waals surface area contributed by atoms with Crippen molar-refractivity contribution < 1.29 is 18.7 Å². The van der Waals surface area contributed by atoms with Crippen molar-refractivity contribution in [3.05, 3.63) is 63.7 Å². The molecule has 1 amide bonds. The summed E-state index contributed by atoms with van der Waals surface area (Å²) in [6.07, 6.45) is 0.365. The average Bonchev–Trinajstić information content (AvgIpc) is 2.69. The molecule has 0 bridgehead atoms. The van der Waals surface area contributed by atoms with Gasteiger partial charge in [-0.3, -0.25) is 4.79 Å². The third-order valence-corrected chi connectivity index (χ3v) is 5.63. The van der Waals surface area contributed by atoms with E-state index in [0.717, 1.165) is 16.7 Å². The number of allylic oxidation sites excluding steroid dienone is 3. The van der Waals surface area contributed by atoms with Crippen LogP contribution in [0.1, 0.15) is 69.4 Å². The largest absolute Gasteiger partial charge is 0.392 e. The quantitative estimate of drug-likeness (QED) is 0.533. The van der Waals surface area contributed by atoms with Crippen molar-refractivity contribution >= 4 is 22.7 Å². The zero-order chi connectivity index (χ0) is 23.6. The average molecular weight is 428 g/mol. The van der Waals surface area contributed by atoms with Crippen LogP contribution in [-0.2, 0) is 17.8 Å². The lowest BCUT2D eigenvalue weighted by Gasteiger charge is -2.25. The minimum Gasteiger partial charge on any atom is -0.392 e. The van der Waals surface area contributed by atoms with Gasteiger partial charge in [0.1, 0.15) is 5.82 Å². The SMILES string of the molecule is C=C(C)c1c(CO)c(CC)c(-c2c(F)ccc(C)c2C(C)=C(C)C)c(F)c1NC(C)=O. The second kappa shape index (κ2) is 9.56. The van der Waals surface area contributed by atoms with E-state index in [-0.39, 0.29) is 16.8 Å². The molecule has 0 aliphatic rings. The van der Waals surface area contributed by atoms with Crippen LogP contribution in [0.4, 0.5) is 14.5 Å². The molecule has 0 atom stereocenters. The Bertz CT molecular complexity index is 1090. The van der Waals surface area contributed by atoms with E-state index >= 15 is 8.78 Å². The summed E-state index contributed by atoms with van der Waals surface area (Å²) < 4.78 is 31.5. The Hall–Kier alpha value is -2.79. The number of nitrogens with one attached hydrogen (secondary N) is 1. The third-order valence-electron chi connectivity index (χ3n) is 5.63. The molecule has 0 saturated carbocycles. The van der Waals surface area contributed by atoms with Crippen LogP contribution >= 0.6 is 0 Å². The summed E-state index contributed by atoms with van der Waals surface area (Å²) in [5, 5.41) is 12.8. The Morgan fingerprint density at radius 2 is 1.65 bits per heavy atom. The number of anilines is 1. The molecule has 2 aromatic carbocycles. The highest BCUT2D eigenvalue weighted by Gasteiger charge is 2.28. The number of hydrogen-bond donors (Lipinski definition) is 2. The molecule has 0 aliphatic heterocycles. The van der Waals surface area contributed by atoms with Crippen LogP contribution in [0.2, 0.25) is 0 Å². The first kappa shape index (κ1) is 24.5. The Balaban J connectivity index is 3.21. The van der Waals surface area contributed by atoms with Crippen LogP contribution in [0.25, 0.3) is 22.3 Å². The fourth-order valence-electron chi connectivity index (χ4n) is 4.07. The van der Waals surface area contributed by atoms with Crippen LogP contribution in [-0.4, -0.2) is 11.0 Å². The minimum absolute atomic E-state index is 0.0668. The lowest BCUT2D eigenvalue weighted by atomic mass is 9.82. The molecule has 0 radical (unpaired) electrons. The minimum atomic E-state index is -0.727. The monoisotopic (exact) mass is 427 g/mol. The van der Waals surface area contributed by atoms with Crippen LogP contribution in [0.15, 0.2) is 24.3 Å². The Morgan fingerprint density at radius 1 is 1.03 bits per heavy atom. The van der Waals surface area contributed by atoms with Gasteiger partial charge in [0.2, 0.25) is 5.91 Å². The highest BCUT2D eigenvalue weighted by atomic mass is 19.1. The van der Waals surface area contributed by atoms with E-state index in [9.17, 15) is 9.90 Å². The molecular weight excluding hydrogens is 396 g/mol. The molecule has 0 aliphatic carbocycles. The van der Waals surface area contributed by atoms with Crippen LogP contribution < -0.4 is 5.32 Å². The van der Waals surface area contributed by atoms with E-state index in [1.807, 2.05) is 34.6 Å². The summed E-state index contributed by atoms with van der Waals surface area (Å²) >= 11 is 0. The number of aliphatic hydroxyl groups is 1. The van der Waals surface area contributed by atoms with Crippen molar-refractivity contribution in [2.45, 2.75) is 61.5 Å². The number of hydrogen-bond acceptors (Lipinski definition) is 2. The summed E-state index contributed by atoms with van der Waals surface area (Å²) in [5.74, 6) is -1.75. The maximum Gasteiger partial charge on any atom is 0.221 e. The van der Waals surface area contributed by atoms with E-state index in [1.54, 1.807) is 13.0 Å². The van der Waals surface area contributed by atoms with E-state index in [0.29, 0.717) is 34.2 Å². The number of halogens is 2. The zero-order valence-corrected chi connectivity index (χ0v) is 19.4. The maximum absolute atomic E-state index is 16.1. The lowest BCUT2D eigenvalue weighted by molar-refractivity contribution is -0.114. The number of carbonyl (C=O) groups is 1. The molecule has 0 heterocycles. The fourth-order valence-corrected chi connectivity index (χ4v) is 4.07. The topological polar surface area (TPSA) is 49.3 Å². The predicted octanol–water partition coefficient (Wildman–Crippen LogP) is 6.80. The van der Waals surface area contributed by atoms with Crippen molar-refractivity contribution in [3.63, 3.8) is 0 Å². The predicted molar refractivity (Wildman–Crippen MR) is 125 cm³/mol. The molecule has 2 rings (SSSR count). The van der Waals surface area contributed by atoms with Gasteiger partial charge in [-0.25, -0.2) is 8.78 Å². The molecule has 31 heavy (non-hydrogen) atoms. The van der Waals surface area contributed by atoms with Crippen molar-refractivity contribution in [1.82, 2.24) is 0 Å². The van der Waals surface area contributed by atoms with Gasteiger partial charge < -0.3 is 10.4 Å². The molecule has 3 nitrogen and oxygen atoms in total. The molecule has 166 valence electrons. The summed E-state index contributed by atoms with van der Waals surface area (Å²) in [5.41, 5.74) is 5.18. The molecular formula is C26H31F2NO2. The summed E-state index contributed by atoms with van der Waals surface area (Å²) in [6.45, 7) is 15.9. The molecule has 0 spiro atoms. The van der Waals surface area contributed by atoms with E-state index in [2.05, 4.69) is 11.9 Å². The van der Waals surface area contributed by atoms with E-state index in [4.69, 9.17) is 0 Å². The van der Waals surface area contributed by atoms with Crippen molar-refractivity contribution in [2.75, 3.05) is 5.32 Å². The fraction of sp³-hybridized carbons (Fsp3) is 0.346. The highest BCUT2D eigenvalue weighted by Crippen LogP contribution is 2.44. The molecule has 0 fully saturated rings. The van der Waals surface area contributed by atoms with Gasteiger partial charge in [0.25, 0.3) is 0 Å². The second-order valence-electron chi connectivity index (χ2n) is 8.11. The number of aliphatic hydroxyl groups excluding tert-OH is 1. The summed E-state index contributed by atoms with van der Waals surface area (Å²) in [6, 6.07) is 3.00. The van der Waals surface area contributed by atoms with Gasteiger partial charge in [0, 0.05) is 23.6 Å². The Kier molecular flexibility index (Phi) is 7.55. The molecule has 0 aromatic heterocycles. The Labute approximate surface area is 183 Å². The van der Waals surface area contributed by atoms with Crippen molar-refractivity contribution in [3.8, 4) is 11.1 Å². The van der Waals surface area contributed by atoms with Gasteiger partial charge in [0.15, 0.2) is 5.82 Å². The van der Waals surface area contributed by atoms with Gasteiger partial charge in [-0.15, -0.1) is 0 Å². The van der Waals surface area contributed by atoms with Gasteiger partial charge in [-0.2, -0.15) is 0 Å². The molecule has 2 N–H and O–H groups in total. The van der Waals surface area contributed by atoms with Gasteiger partial charge in [-0.05, 0) is 80.5 Å². The maximum atomic E-state index is 16.1. The van der Waals surface area contributed by atoms with Crippen molar-refractivity contribution in [1.29, 1.82) is 0 Å². The standard InChI is InChI=1S/C26H31F2NO2/c1-9-18-19(12-30)21(14(4)5)26(29-17(8)31)25(28)23(18)24-20(27)11-10-15(6)22(24)16(7)13(2)3/h10-11,30H,4,9,12H2,1-3,5-8H3,(H,29,31). The molecule has 2 aromatic rings. The van der Waals surface area contributed by atoms with Crippen LogP contribution in [0.5, 0.6) is 0 Å². The van der Waals surface area contributed by atoms with Crippen LogP contribution in [0.3, 0.4) is 0 Å². The smallest absolute Gasteiger partial charge is 0.221 e. The lowest BCUT2D eigenvalue weighted by Crippen LogP contribution is -2.15.